The maximum absolute atomic E-state index is 7.33. The van der Waals surface area contributed by atoms with Crippen LogP contribution in [0.3, 0.4) is 0 Å². The zero-order valence-electron chi connectivity index (χ0n) is 11.2. The first-order chi connectivity index (χ1) is 8.81. The van der Waals surface area contributed by atoms with Crippen LogP contribution in [0, 0.1) is 12.3 Å². The number of hydrogen-bond donors (Lipinski definition) is 4. The van der Waals surface area contributed by atoms with Crippen molar-refractivity contribution in [2.75, 3.05) is 18.5 Å². The molecule has 1 heterocycles. The standard InChI is InChI=1S/C11H15N5.C2H6/c1-8-3-2-4-9(7-12)10(8)15-16-11-13-5-6-14-11;1-2/h2-4,7,12,15H,5-6H2,1H3,(H2,13,14,16);1-2H3. The van der Waals surface area contributed by atoms with E-state index in [0.29, 0.717) is 0 Å². The Balaban J connectivity index is 0.000000771. The van der Waals surface area contributed by atoms with Crippen LogP contribution >= 0.6 is 0 Å². The topological polar surface area (TPSA) is 72.3 Å². The van der Waals surface area contributed by atoms with Gasteiger partial charge in [-0.1, -0.05) is 32.0 Å². The Hall–Kier alpha value is -2.04. The van der Waals surface area contributed by atoms with Gasteiger partial charge in [0.15, 0.2) is 0 Å². The largest absolute Gasteiger partial charge is 0.353 e. The molecular weight excluding hydrogens is 226 g/mol. The first-order valence-corrected chi connectivity index (χ1v) is 6.21. The van der Waals surface area contributed by atoms with Crippen LogP contribution in [0.5, 0.6) is 0 Å². The number of aliphatic imine (C=N–C) groups is 1. The van der Waals surface area contributed by atoms with Crippen molar-refractivity contribution in [3.05, 3.63) is 29.3 Å². The summed E-state index contributed by atoms with van der Waals surface area (Å²) in [6, 6.07) is 5.83. The van der Waals surface area contributed by atoms with E-state index in [1.165, 1.54) is 6.21 Å². The molecular formula is C13H21N5. The maximum Gasteiger partial charge on any atom is 0.210 e. The number of benzene rings is 1. The highest BCUT2D eigenvalue weighted by Gasteiger charge is 2.06. The SMILES string of the molecule is CC.Cc1cccc(C=N)c1NNC1=NCCN1. The van der Waals surface area contributed by atoms with Crippen molar-refractivity contribution < 1.29 is 0 Å². The van der Waals surface area contributed by atoms with Gasteiger partial charge in [-0.05, 0) is 12.5 Å². The Bertz CT molecular complexity index is 425. The van der Waals surface area contributed by atoms with E-state index in [-0.39, 0.29) is 0 Å². The molecule has 1 aromatic carbocycles. The smallest absolute Gasteiger partial charge is 0.210 e. The van der Waals surface area contributed by atoms with Crippen LogP contribution in [0.1, 0.15) is 25.0 Å². The number of hydrazine groups is 1. The average molecular weight is 247 g/mol. The summed E-state index contributed by atoms with van der Waals surface area (Å²) in [6.45, 7) is 7.67. The van der Waals surface area contributed by atoms with Crippen molar-refractivity contribution in [3.63, 3.8) is 0 Å². The van der Waals surface area contributed by atoms with Crippen molar-refractivity contribution in [1.29, 1.82) is 5.41 Å². The zero-order valence-corrected chi connectivity index (χ0v) is 11.2. The predicted molar refractivity (Wildman–Crippen MR) is 77.5 cm³/mol. The highest BCUT2D eigenvalue weighted by Crippen LogP contribution is 2.17. The van der Waals surface area contributed by atoms with Gasteiger partial charge in [0.2, 0.25) is 5.96 Å². The molecule has 5 nitrogen and oxygen atoms in total. The van der Waals surface area contributed by atoms with E-state index in [9.17, 15) is 0 Å². The fourth-order valence-electron chi connectivity index (χ4n) is 1.58. The highest BCUT2D eigenvalue weighted by atomic mass is 15.4. The molecule has 1 aliphatic rings. The van der Waals surface area contributed by atoms with Crippen LogP contribution in [0.2, 0.25) is 0 Å². The Morgan fingerprint density at radius 2 is 2.11 bits per heavy atom. The second-order valence-electron chi connectivity index (χ2n) is 3.59. The Labute approximate surface area is 108 Å². The van der Waals surface area contributed by atoms with Crippen LogP contribution in [-0.2, 0) is 0 Å². The predicted octanol–water partition coefficient (Wildman–Crippen LogP) is 1.89. The third kappa shape index (κ3) is 3.48. The molecule has 4 N–H and O–H groups in total. The molecule has 1 aliphatic heterocycles. The molecule has 0 aromatic heterocycles. The lowest BCUT2D eigenvalue weighted by Crippen LogP contribution is -2.38. The molecule has 18 heavy (non-hydrogen) atoms. The van der Waals surface area contributed by atoms with Gasteiger partial charge >= 0.3 is 0 Å². The minimum absolute atomic E-state index is 0.749. The average Bonchev–Trinajstić information content (AvgIpc) is 2.92. The summed E-state index contributed by atoms with van der Waals surface area (Å²) >= 11 is 0. The highest BCUT2D eigenvalue weighted by molar-refractivity contribution is 5.88. The van der Waals surface area contributed by atoms with Crippen LogP contribution in [0.25, 0.3) is 0 Å². The van der Waals surface area contributed by atoms with E-state index in [2.05, 4.69) is 21.2 Å². The Kier molecular flexibility index (Phi) is 5.70. The summed E-state index contributed by atoms with van der Waals surface area (Å²) in [7, 11) is 0. The summed E-state index contributed by atoms with van der Waals surface area (Å²) in [5, 5.41) is 10.4. The number of para-hydroxylation sites is 1. The minimum atomic E-state index is 0.749. The second kappa shape index (κ2) is 7.32. The second-order valence-corrected chi connectivity index (χ2v) is 3.59. The summed E-state index contributed by atoms with van der Waals surface area (Å²) in [6.07, 6.45) is 1.33. The summed E-state index contributed by atoms with van der Waals surface area (Å²) in [4.78, 5) is 4.21. The number of guanidine groups is 1. The van der Waals surface area contributed by atoms with Crippen LogP contribution < -0.4 is 16.2 Å². The van der Waals surface area contributed by atoms with E-state index in [1.54, 1.807) is 0 Å². The summed E-state index contributed by atoms with van der Waals surface area (Å²) < 4.78 is 0. The monoisotopic (exact) mass is 247 g/mol. The fraction of sp³-hybridized carbons (Fsp3) is 0.385. The van der Waals surface area contributed by atoms with E-state index < -0.39 is 0 Å². The molecule has 0 radical (unpaired) electrons. The first kappa shape index (κ1) is 14.0. The third-order valence-corrected chi connectivity index (χ3v) is 2.44. The van der Waals surface area contributed by atoms with E-state index in [4.69, 9.17) is 5.41 Å². The number of nitrogens with one attached hydrogen (secondary N) is 4. The van der Waals surface area contributed by atoms with Gasteiger partial charge in [-0.3, -0.25) is 15.8 Å². The minimum Gasteiger partial charge on any atom is -0.353 e. The molecule has 98 valence electrons. The lowest BCUT2D eigenvalue weighted by atomic mass is 10.1. The Morgan fingerprint density at radius 1 is 1.33 bits per heavy atom. The molecule has 0 spiro atoms. The first-order valence-electron chi connectivity index (χ1n) is 6.21. The van der Waals surface area contributed by atoms with E-state index in [1.807, 2.05) is 39.0 Å². The fourth-order valence-corrected chi connectivity index (χ4v) is 1.58. The molecule has 0 saturated carbocycles. The molecule has 0 aliphatic carbocycles. The van der Waals surface area contributed by atoms with Gasteiger partial charge in [0.05, 0.1) is 12.2 Å². The lowest BCUT2D eigenvalue weighted by Gasteiger charge is -2.14. The van der Waals surface area contributed by atoms with Gasteiger partial charge in [-0.25, -0.2) is 0 Å². The molecule has 2 rings (SSSR count). The van der Waals surface area contributed by atoms with Crippen LogP contribution in [-0.4, -0.2) is 25.3 Å². The third-order valence-electron chi connectivity index (χ3n) is 2.44. The molecule has 0 bridgehead atoms. The Morgan fingerprint density at radius 3 is 2.72 bits per heavy atom. The quantitative estimate of drug-likeness (QED) is 0.487. The normalized spacial score (nSPS) is 12.7. The summed E-state index contributed by atoms with van der Waals surface area (Å²) in [5.41, 5.74) is 8.93. The molecule has 1 aromatic rings. The summed E-state index contributed by atoms with van der Waals surface area (Å²) in [5.74, 6) is 0.749. The number of rotatable bonds is 3. The van der Waals surface area contributed by atoms with Gasteiger partial charge in [0.25, 0.3) is 0 Å². The van der Waals surface area contributed by atoms with Gasteiger partial charge in [-0.15, -0.1) is 0 Å². The van der Waals surface area contributed by atoms with Crippen molar-refractivity contribution >= 4 is 17.9 Å². The van der Waals surface area contributed by atoms with E-state index in [0.717, 1.165) is 35.9 Å². The van der Waals surface area contributed by atoms with Crippen LogP contribution in [0.4, 0.5) is 5.69 Å². The molecule has 0 atom stereocenters. The molecule has 0 amide bonds. The number of hydrogen-bond acceptors (Lipinski definition) is 5. The maximum atomic E-state index is 7.33. The van der Waals surface area contributed by atoms with Gasteiger partial charge < -0.3 is 10.7 Å². The van der Waals surface area contributed by atoms with Gasteiger partial charge in [0, 0.05) is 18.3 Å². The van der Waals surface area contributed by atoms with Gasteiger partial charge in [0.1, 0.15) is 0 Å². The van der Waals surface area contributed by atoms with Crippen molar-refractivity contribution in [3.8, 4) is 0 Å². The lowest BCUT2D eigenvalue weighted by molar-refractivity contribution is 0.936. The van der Waals surface area contributed by atoms with Crippen molar-refractivity contribution in [2.24, 2.45) is 4.99 Å². The number of aryl methyl sites for hydroxylation is 1. The van der Waals surface area contributed by atoms with Crippen molar-refractivity contribution in [2.45, 2.75) is 20.8 Å². The number of nitrogens with zero attached hydrogens (tertiary/aromatic N) is 1. The van der Waals surface area contributed by atoms with Crippen molar-refractivity contribution in [1.82, 2.24) is 10.7 Å². The number of anilines is 1. The molecule has 0 unspecified atom stereocenters. The van der Waals surface area contributed by atoms with E-state index >= 15 is 0 Å². The zero-order chi connectivity index (χ0) is 13.4. The molecule has 5 heteroatoms. The van der Waals surface area contributed by atoms with Gasteiger partial charge in [-0.2, -0.15) is 0 Å². The molecule has 0 saturated heterocycles. The molecule has 0 fully saturated rings. The van der Waals surface area contributed by atoms with Crippen LogP contribution in [0.15, 0.2) is 23.2 Å².